The maximum atomic E-state index is 13.9. The van der Waals surface area contributed by atoms with Gasteiger partial charge in [0.25, 0.3) is 0 Å². The first-order chi connectivity index (χ1) is 65.0. The molecule has 0 atom stereocenters. The van der Waals surface area contributed by atoms with Crippen LogP contribution in [0.2, 0.25) is 0 Å². The van der Waals surface area contributed by atoms with Crippen LogP contribution >= 0.6 is 0 Å². The monoisotopic (exact) mass is 2010 g/mol. The summed E-state index contributed by atoms with van der Waals surface area (Å²) in [7, 11) is 5.28. The molecule has 0 saturated carbocycles. The lowest BCUT2D eigenvalue weighted by molar-refractivity contribution is -0.118. The number of methoxy groups -OCH3 is 2. The molecular weight excluding hydrogens is 1800 g/mol. The molecule has 0 saturated heterocycles. The molecule has 818 valence electrons. The summed E-state index contributed by atoms with van der Waals surface area (Å²) in [6.45, 7) is 115. The summed E-state index contributed by atoms with van der Waals surface area (Å²) in [5.41, 5.74) is 17.0. The third kappa shape index (κ3) is 53.7. The van der Waals surface area contributed by atoms with Crippen LogP contribution < -0.4 is 42.8 Å². The molecule has 14 heteroatoms. The van der Waals surface area contributed by atoms with E-state index in [0.29, 0.717) is 50.6 Å². The van der Waals surface area contributed by atoms with Gasteiger partial charge in [0.05, 0.1) is 53.9 Å². The molecular formula is C131H208F3NO10. The van der Waals surface area contributed by atoms with E-state index in [1.807, 2.05) is 112 Å². The van der Waals surface area contributed by atoms with Crippen molar-refractivity contribution in [3.8, 4) is 46.0 Å². The highest BCUT2D eigenvalue weighted by molar-refractivity contribution is 5.96. The average Bonchev–Trinajstić information content (AvgIpc) is 0.950. The number of ether oxygens (including phenoxy) is 8. The number of Topliss-reactive ketones (excluding diaryl/α,β-unsaturated/α-hetero) is 1. The van der Waals surface area contributed by atoms with Gasteiger partial charge in [-0.05, 0) is 250 Å². The van der Waals surface area contributed by atoms with Gasteiger partial charge >= 0.3 is 0 Å². The number of hydrogen-bond acceptors (Lipinski definition) is 10. The van der Waals surface area contributed by atoms with Crippen LogP contribution in [-0.4, -0.2) is 72.6 Å². The van der Waals surface area contributed by atoms with Crippen molar-refractivity contribution >= 4 is 17.4 Å². The molecule has 0 heterocycles. The minimum Gasteiger partial charge on any atom is -0.497 e. The van der Waals surface area contributed by atoms with Crippen molar-refractivity contribution in [3.63, 3.8) is 0 Å². The maximum Gasteiger partial charge on any atom is 0.226 e. The number of carbonyl (C=O) groups is 2. The molecule has 0 aliphatic heterocycles. The van der Waals surface area contributed by atoms with Crippen LogP contribution in [0, 0.1) is 88.5 Å². The zero-order valence-electron chi connectivity index (χ0n) is 103. The maximum absolute atomic E-state index is 13.9. The summed E-state index contributed by atoms with van der Waals surface area (Å²) in [6.07, 6.45) is 3.08. The zero-order valence-corrected chi connectivity index (χ0v) is 103. The predicted molar refractivity (Wildman–Crippen MR) is 618 cm³/mol. The average molecular weight is 2010 g/mol. The normalized spacial score (nSPS) is 12.5. The Hall–Kier alpha value is -8.91. The molecule has 0 radical (unpaired) electrons. The molecule has 0 unspecified atom stereocenters. The van der Waals surface area contributed by atoms with Gasteiger partial charge in [0.1, 0.15) is 46.1 Å². The Kier molecular flexibility index (Phi) is 49.9. The number of nitrogens with zero attached hydrogens (tertiary/aromatic N) is 1. The molecule has 145 heavy (non-hydrogen) atoms. The van der Waals surface area contributed by atoms with Crippen molar-refractivity contribution in [2.24, 2.45) is 43.3 Å². The molecule has 1 amide bonds. The number of aryl methyl sites for hydroxylation is 4. The number of ketones is 1. The van der Waals surface area contributed by atoms with E-state index < -0.39 is 17.0 Å². The van der Waals surface area contributed by atoms with Crippen molar-refractivity contribution in [2.45, 2.75) is 429 Å². The molecule has 0 aliphatic carbocycles. The van der Waals surface area contributed by atoms with E-state index in [1.165, 1.54) is 67.8 Å². The predicted octanol–water partition coefficient (Wildman–Crippen LogP) is 37.9. The first kappa shape index (κ1) is 134. The lowest BCUT2D eigenvalue weighted by Crippen LogP contribution is -2.27. The van der Waals surface area contributed by atoms with Crippen LogP contribution in [0.15, 0.2) is 140 Å². The lowest BCUT2D eigenvalue weighted by Gasteiger charge is -2.28. The summed E-state index contributed by atoms with van der Waals surface area (Å²) in [4.78, 5) is 26.3. The second kappa shape index (κ2) is 54.0. The van der Waals surface area contributed by atoms with Crippen LogP contribution in [0.5, 0.6) is 46.0 Å². The SMILES string of the molecule is CC(C)(C)CCC(=O)c1cccc(C(C)(C)C)c1.CC(C)(C)COc1ccc(C(C)(C)C)c(F)c1.CC(C)(C)COc1ccc(C(C)(C)C)c(F)c1F.CC(C)(C)COc1ccc(C(C)(C)C)cc1.COc1cc(C)c(C(C)(C)C)c(OCC(C)(C)C)c1.COc1cc(OCC(C)(C)C)cc(C)c1C(C)(C)C.Cc1cc(N(C)C(=O)CCC(C)(C)C)ccc1C(C)(C)C.Cc1cc(OCC(C)(C)C)ccc1C(C)(C)C. The topological polar surface area (TPSA) is 111 Å². The number of hydrogen-bond donors (Lipinski definition) is 0. The van der Waals surface area contributed by atoms with Crippen LogP contribution in [0.1, 0.15) is 435 Å². The molecule has 0 aromatic heterocycles. The fraction of sp³-hybridized carbons (Fsp3) is 0.618. The summed E-state index contributed by atoms with van der Waals surface area (Å²) < 4.78 is 87.0. The van der Waals surface area contributed by atoms with Gasteiger partial charge in [-0.25, -0.2) is 8.78 Å². The Balaban J connectivity index is 0.000000829. The van der Waals surface area contributed by atoms with Gasteiger partial charge in [0.2, 0.25) is 11.7 Å². The van der Waals surface area contributed by atoms with E-state index in [-0.39, 0.29) is 104 Å². The molecule has 11 nitrogen and oxygen atoms in total. The van der Waals surface area contributed by atoms with E-state index in [2.05, 4.69) is 377 Å². The van der Waals surface area contributed by atoms with Gasteiger partial charge in [-0.3, -0.25) is 9.59 Å². The van der Waals surface area contributed by atoms with Gasteiger partial charge in [-0.2, -0.15) is 4.39 Å². The standard InChI is InChI=1S/C19H31NO.2C17H28O2.C17H26O.C16H26O.C15H22F2O.C15H23FO.C15H24O/c1-14-13-15(9-10-16(14)19(5,6)7)20(8)17(21)11-12-18(2,3)4;1-12-9-13(19-11-16(2,3)4)10-14(18-8)15(12)17(5,6)7;1-12-9-13(18-8)10-14(15(12)17(5,6)7)19-11-16(2,3)4;1-16(2,3)11-10-15(18)13-8-7-9-14(12-13)17(4,5)6;1-12-10-13(17-11-15(2,3)4)8-9-14(12)16(5,6)7;1-14(2,3)9-18-11-8-7-10(15(4,5)6)12(16)13(11)17;1-14(2,3)10-17-11-7-8-12(13(16)9-11)15(4,5)6;1-14(2,3)11-16-13-9-7-12(8-10-13)15(4,5)6/h9-10,13H,11-12H2,1-8H3;2*9-10H,11H2,1-8H3;7-9,12H,10-11H2,1-6H3;8-10H,11H2,1-7H3;7-8H,9H2,1-6H3;7-9H,10H2,1-6H3;7-10H,11H2,1-6H3. The largest absolute Gasteiger partial charge is 0.497 e. The van der Waals surface area contributed by atoms with Crippen molar-refractivity contribution < 1.29 is 60.7 Å². The first-order valence-electron chi connectivity index (χ1n) is 52.7. The number of carbonyl (C=O) groups excluding carboxylic acids is 2. The summed E-state index contributed by atoms with van der Waals surface area (Å²) in [5.74, 6) is 4.67. The highest BCUT2D eigenvalue weighted by atomic mass is 19.2. The van der Waals surface area contributed by atoms with Gasteiger partial charge in [-0.15, -0.1) is 0 Å². The molecule has 8 rings (SSSR count). The Morgan fingerprint density at radius 2 is 0.607 bits per heavy atom. The van der Waals surface area contributed by atoms with E-state index in [0.717, 1.165) is 77.4 Å². The van der Waals surface area contributed by atoms with Crippen LogP contribution in [0.25, 0.3) is 0 Å². The highest BCUT2D eigenvalue weighted by Gasteiger charge is 2.31. The summed E-state index contributed by atoms with van der Waals surface area (Å²) in [6, 6.07) is 45.6. The van der Waals surface area contributed by atoms with Gasteiger partial charge in [0.15, 0.2) is 17.3 Å². The Morgan fingerprint density at radius 3 is 0.979 bits per heavy atom. The fourth-order valence-corrected chi connectivity index (χ4v) is 15.0. The third-order valence-corrected chi connectivity index (χ3v) is 22.9. The number of rotatable bonds is 20. The highest BCUT2D eigenvalue weighted by Crippen LogP contribution is 2.43. The second-order valence-electron chi connectivity index (χ2n) is 57.7. The van der Waals surface area contributed by atoms with E-state index in [4.69, 9.17) is 37.9 Å². The smallest absolute Gasteiger partial charge is 0.226 e. The Labute approximate surface area is 886 Å². The quantitative estimate of drug-likeness (QED) is 0.0684. The van der Waals surface area contributed by atoms with E-state index >= 15 is 0 Å². The summed E-state index contributed by atoms with van der Waals surface area (Å²) in [5, 5.41) is 0. The zero-order chi connectivity index (χ0) is 113. The lowest BCUT2D eigenvalue weighted by atomic mass is 9.83. The number of benzene rings is 8. The van der Waals surface area contributed by atoms with Crippen molar-refractivity contribution in [2.75, 3.05) is 65.8 Å². The van der Waals surface area contributed by atoms with Gasteiger partial charge < -0.3 is 42.8 Å². The minimum absolute atomic E-state index is 0.0181. The van der Waals surface area contributed by atoms with Crippen LogP contribution in [0.4, 0.5) is 18.9 Å². The summed E-state index contributed by atoms with van der Waals surface area (Å²) >= 11 is 0. The van der Waals surface area contributed by atoms with Crippen molar-refractivity contribution in [1.29, 1.82) is 0 Å². The molecule has 8 aromatic carbocycles. The van der Waals surface area contributed by atoms with E-state index in [9.17, 15) is 22.8 Å². The fourth-order valence-electron chi connectivity index (χ4n) is 15.0. The van der Waals surface area contributed by atoms with Crippen molar-refractivity contribution in [1.82, 2.24) is 0 Å². The molecule has 8 aromatic rings. The third-order valence-electron chi connectivity index (χ3n) is 22.9. The number of amides is 1. The Bertz CT molecular complexity index is 5200. The van der Waals surface area contributed by atoms with Crippen molar-refractivity contribution in [3.05, 3.63) is 229 Å². The second-order valence-corrected chi connectivity index (χ2v) is 57.7. The molecule has 0 spiro atoms. The molecule has 0 fully saturated rings. The number of halogens is 3. The number of anilines is 1. The van der Waals surface area contributed by atoms with Gasteiger partial charge in [-0.1, -0.05) is 387 Å². The molecule has 0 N–H and O–H groups in total. The molecule has 0 bridgehead atoms. The molecule has 0 aliphatic rings. The van der Waals surface area contributed by atoms with E-state index in [1.54, 1.807) is 25.2 Å². The first-order valence-corrected chi connectivity index (χ1v) is 52.7. The van der Waals surface area contributed by atoms with Crippen LogP contribution in [-0.2, 0) is 48.1 Å². The minimum atomic E-state index is -0.897. The van der Waals surface area contributed by atoms with Gasteiger partial charge in [0, 0.05) is 60.5 Å². The Morgan fingerprint density at radius 1 is 0.269 bits per heavy atom. The van der Waals surface area contributed by atoms with Crippen LogP contribution in [0.3, 0.4) is 0 Å².